The molecular formula is C12H15N3S. The van der Waals surface area contributed by atoms with Crippen LogP contribution in [0.25, 0.3) is 0 Å². The van der Waals surface area contributed by atoms with Crippen molar-refractivity contribution in [3.63, 3.8) is 0 Å². The zero-order valence-corrected chi connectivity index (χ0v) is 10.3. The summed E-state index contributed by atoms with van der Waals surface area (Å²) in [5, 5.41) is 6.53. The molecule has 0 saturated carbocycles. The quantitative estimate of drug-likeness (QED) is 0.881. The molecular weight excluding hydrogens is 218 g/mol. The average molecular weight is 233 g/mol. The number of hydrogen-bond donors (Lipinski definition) is 1. The van der Waals surface area contributed by atoms with Crippen molar-refractivity contribution in [1.82, 2.24) is 15.3 Å². The first-order valence-electron chi connectivity index (χ1n) is 5.28. The van der Waals surface area contributed by atoms with Gasteiger partial charge in [-0.1, -0.05) is 6.07 Å². The van der Waals surface area contributed by atoms with Crippen molar-refractivity contribution in [2.45, 2.75) is 19.4 Å². The Bertz CT molecular complexity index is 439. The molecule has 2 heterocycles. The van der Waals surface area contributed by atoms with Crippen molar-refractivity contribution in [2.75, 3.05) is 7.05 Å². The minimum atomic E-state index is 0.272. The summed E-state index contributed by atoms with van der Waals surface area (Å²) >= 11 is 1.69. The lowest BCUT2D eigenvalue weighted by molar-refractivity contribution is 0.577. The Morgan fingerprint density at radius 3 is 2.94 bits per heavy atom. The topological polar surface area (TPSA) is 37.8 Å². The first-order chi connectivity index (χ1) is 7.79. The smallest absolute Gasteiger partial charge is 0.0898 e. The fourth-order valence-corrected chi connectivity index (χ4v) is 2.32. The van der Waals surface area contributed by atoms with Gasteiger partial charge in [0.15, 0.2) is 0 Å². The summed E-state index contributed by atoms with van der Waals surface area (Å²) in [6, 6.07) is 4.33. The fraction of sp³-hybridized carbons (Fsp3) is 0.333. The summed E-state index contributed by atoms with van der Waals surface area (Å²) < 4.78 is 0. The Balaban J connectivity index is 2.12. The van der Waals surface area contributed by atoms with E-state index in [0.717, 1.165) is 17.1 Å². The van der Waals surface area contributed by atoms with Gasteiger partial charge in [-0.15, -0.1) is 11.3 Å². The predicted molar refractivity (Wildman–Crippen MR) is 66.6 cm³/mol. The number of thiazole rings is 1. The SMILES string of the molecule is CNC(Cc1cccnc1)c1csc(C)n1. The Morgan fingerprint density at radius 2 is 2.38 bits per heavy atom. The van der Waals surface area contributed by atoms with Crippen molar-refractivity contribution < 1.29 is 0 Å². The van der Waals surface area contributed by atoms with E-state index in [1.165, 1.54) is 5.56 Å². The van der Waals surface area contributed by atoms with Crippen LogP contribution >= 0.6 is 11.3 Å². The van der Waals surface area contributed by atoms with Crippen LogP contribution in [0.1, 0.15) is 22.3 Å². The van der Waals surface area contributed by atoms with Crippen LogP contribution in [-0.4, -0.2) is 17.0 Å². The lowest BCUT2D eigenvalue weighted by Crippen LogP contribution is -2.19. The molecule has 1 atom stereocenters. The number of aryl methyl sites for hydroxylation is 1. The van der Waals surface area contributed by atoms with Gasteiger partial charge in [0, 0.05) is 17.8 Å². The molecule has 84 valence electrons. The zero-order valence-electron chi connectivity index (χ0n) is 9.47. The van der Waals surface area contributed by atoms with E-state index < -0.39 is 0 Å². The monoisotopic (exact) mass is 233 g/mol. The molecule has 3 nitrogen and oxygen atoms in total. The maximum atomic E-state index is 4.51. The summed E-state index contributed by atoms with van der Waals surface area (Å²) in [6.45, 7) is 2.03. The van der Waals surface area contributed by atoms with Crippen molar-refractivity contribution in [1.29, 1.82) is 0 Å². The highest BCUT2D eigenvalue weighted by Gasteiger charge is 2.12. The van der Waals surface area contributed by atoms with Gasteiger partial charge in [0.1, 0.15) is 0 Å². The van der Waals surface area contributed by atoms with E-state index in [9.17, 15) is 0 Å². The normalized spacial score (nSPS) is 12.6. The summed E-state index contributed by atoms with van der Waals surface area (Å²) in [6.07, 6.45) is 4.63. The Hall–Kier alpha value is -1.26. The maximum absolute atomic E-state index is 4.51. The molecule has 0 amide bonds. The molecule has 2 aromatic rings. The van der Waals surface area contributed by atoms with Crippen LogP contribution in [0.4, 0.5) is 0 Å². The minimum absolute atomic E-state index is 0.272. The van der Waals surface area contributed by atoms with Crippen molar-refractivity contribution in [2.24, 2.45) is 0 Å². The van der Waals surface area contributed by atoms with Crippen LogP contribution in [0.15, 0.2) is 29.9 Å². The molecule has 0 spiro atoms. The second-order valence-electron chi connectivity index (χ2n) is 3.70. The molecule has 16 heavy (non-hydrogen) atoms. The van der Waals surface area contributed by atoms with Crippen molar-refractivity contribution in [3.8, 4) is 0 Å². The molecule has 2 rings (SSSR count). The van der Waals surface area contributed by atoms with E-state index in [1.807, 2.05) is 26.2 Å². The second-order valence-corrected chi connectivity index (χ2v) is 4.76. The lowest BCUT2D eigenvalue weighted by Gasteiger charge is -2.13. The van der Waals surface area contributed by atoms with Gasteiger partial charge in [-0.3, -0.25) is 4.98 Å². The minimum Gasteiger partial charge on any atom is -0.311 e. The van der Waals surface area contributed by atoms with Crippen LogP contribution in [-0.2, 0) is 6.42 Å². The van der Waals surface area contributed by atoms with E-state index in [-0.39, 0.29) is 6.04 Å². The molecule has 0 radical (unpaired) electrons. The number of likely N-dealkylation sites (N-methyl/N-ethyl adjacent to an activating group) is 1. The van der Waals surface area contributed by atoms with E-state index in [1.54, 1.807) is 17.5 Å². The van der Waals surface area contributed by atoms with Gasteiger partial charge in [-0.25, -0.2) is 4.98 Å². The molecule has 0 bridgehead atoms. The lowest BCUT2D eigenvalue weighted by atomic mass is 10.1. The highest BCUT2D eigenvalue weighted by molar-refractivity contribution is 7.09. The third-order valence-corrected chi connectivity index (χ3v) is 3.30. The van der Waals surface area contributed by atoms with Crippen LogP contribution in [0.2, 0.25) is 0 Å². The van der Waals surface area contributed by atoms with E-state index in [4.69, 9.17) is 0 Å². The third kappa shape index (κ3) is 2.65. The molecule has 0 aliphatic carbocycles. The first-order valence-corrected chi connectivity index (χ1v) is 6.15. The van der Waals surface area contributed by atoms with Gasteiger partial charge in [0.05, 0.1) is 16.7 Å². The average Bonchev–Trinajstić information content (AvgIpc) is 2.74. The number of aromatic nitrogens is 2. The number of pyridine rings is 1. The van der Waals surface area contributed by atoms with Gasteiger partial charge >= 0.3 is 0 Å². The van der Waals surface area contributed by atoms with Crippen LogP contribution in [0.3, 0.4) is 0 Å². The zero-order chi connectivity index (χ0) is 11.4. The van der Waals surface area contributed by atoms with Crippen molar-refractivity contribution in [3.05, 3.63) is 46.2 Å². The molecule has 4 heteroatoms. The van der Waals surface area contributed by atoms with Gasteiger partial charge in [-0.05, 0) is 32.0 Å². The summed E-state index contributed by atoms with van der Waals surface area (Å²) in [4.78, 5) is 8.64. The molecule has 0 aliphatic heterocycles. The number of nitrogens with one attached hydrogen (secondary N) is 1. The molecule has 2 aromatic heterocycles. The molecule has 1 unspecified atom stereocenters. The van der Waals surface area contributed by atoms with Gasteiger partial charge < -0.3 is 5.32 Å². The van der Waals surface area contributed by atoms with E-state index >= 15 is 0 Å². The summed E-state index contributed by atoms with van der Waals surface area (Å²) in [5.74, 6) is 0. The van der Waals surface area contributed by atoms with Crippen LogP contribution in [0.5, 0.6) is 0 Å². The highest BCUT2D eigenvalue weighted by atomic mass is 32.1. The number of nitrogens with zero attached hydrogens (tertiary/aromatic N) is 2. The van der Waals surface area contributed by atoms with Crippen molar-refractivity contribution >= 4 is 11.3 Å². The van der Waals surface area contributed by atoms with E-state index in [2.05, 4.69) is 26.7 Å². The second kappa shape index (κ2) is 5.18. The Morgan fingerprint density at radius 1 is 1.50 bits per heavy atom. The summed E-state index contributed by atoms with van der Waals surface area (Å²) in [5.41, 5.74) is 2.35. The fourth-order valence-electron chi connectivity index (χ4n) is 1.65. The summed E-state index contributed by atoms with van der Waals surface area (Å²) in [7, 11) is 1.97. The number of rotatable bonds is 4. The van der Waals surface area contributed by atoms with E-state index in [0.29, 0.717) is 0 Å². The molecule has 0 aromatic carbocycles. The molecule has 0 saturated heterocycles. The first kappa shape index (κ1) is 11.2. The van der Waals surface area contributed by atoms with Gasteiger partial charge in [-0.2, -0.15) is 0 Å². The Labute approximate surface area is 99.6 Å². The highest BCUT2D eigenvalue weighted by Crippen LogP contribution is 2.19. The predicted octanol–water partition coefficient (Wildman–Crippen LogP) is 2.35. The van der Waals surface area contributed by atoms with Crippen LogP contribution < -0.4 is 5.32 Å². The standard InChI is InChI=1S/C12H15N3S/c1-9-15-12(8-16-9)11(13-2)6-10-4-3-5-14-7-10/h3-5,7-8,11,13H,6H2,1-2H3. The van der Waals surface area contributed by atoms with Gasteiger partial charge in [0.25, 0.3) is 0 Å². The van der Waals surface area contributed by atoms with Gasteiger partial charge in [0.2, 0.25) is 0 Å². The third-order valence-electron chi connectivity index (χ3n) is 2.50. The van der Waals surface area contributed by atoms with Crippen LogP contribution in [0, 0.1) is 6.92 Å². The Kier molecular flexibility index (Phi) is 3.64. The maximum Gasteiger partial charge on any atom is 0.0898 e. The molecule has 0 aliphatic rings. The number of hydrogen-bond acceptors (Lipinski definition) is 4. The largest absolute Gasteiger partial charge is 0.311 e. The molecule has 1 N–H and O–H groups in total. The molecule has 0 fully saturated rings.